The molecule has 0 heterocycles. The molecule has 2 nitrogen and oxygen atoms in total. The first-order valence-corrected chi connectivity index (χ1v) is 6.87. The van der Waals surface area contributed by atoms with E-state index in [4.69, 9.17) is 4.74 Å². The van der Waals surface area contributed by atoms with E-state index in [-0.39, 0.29) is 5.82 Å². The Morgan fingerprint density at radius 2 is 1.79 bits per heavy atom. The van der Waals surface area contributed by atoms with Crippen LogP contribution in [0.5, 0.6) is 5.75 Å². The van der Waals surface area contributed by atoms with Crippen LogP contribution in [-0.4, -0.2) is 13.2 Å². The van der Waals surface area contributed by atoms with Crippen LogP contribution in [-0.2, 0) is 6.54 Å². The monoisotopic (exact) mass is 323 g/mol. The van der Waals surface area contributed by atoms with Crippen LogP contribution in [0.2, 0.25) is 0 Å². The Morgan fingerprint density at radius 3 is 2.53 bits per heavy atom. The van der Waals surface area contributed by atoms with Crippen molar-refractivity contribution in [3.05, 3.63) is 64.4 Å². The summed E-state index contributed by atoms with van der Waals surface area (Å²) in [7, 11) is 0. The number of ether oxygens (including phenoxy) is 1. The van der Waals surface area contributed by atoms with Crippen LogP contribution in [0.25, 0.3) is 0 Å². The van der Waals surface area contributed by atoms with Crippen LogP contribution >= 0.6 is 15.9 Å². The fourth-order valence-corrected chi connectivity index (χ4v) is 1.90. The first-order valence-electron chi connectivity index (χ1n) is 6.08. The number of hydrogen-bond acceptors (Lipinski definition) is 2. The number of halogens is 2. The average Bonchev–Trinajstić information content (AvgIpc) is 2.42. The minimum atomic E-state index is -0.177. The second kappa shape index (κ2) is 7.26. The van der Waals surface area contributed by atoms with Crippen LogP contribution < -0.4 is 10.1 Å². The van der Waals surface area contributed by atoms with E-state index in [2.05, 4.69) is 21.2 Å². The lowest BCUT2D eigenvalue weighted by atomic mass is 10.2. The van der Waals surface area contributed by atoms with Gasteiger partial charge in [0.05, 0.1) is 0 Å². The van der Waals surface area contributed by atoms with E-state index in [1.54, 1.807) is 12.1 Å². The lowest BCUT2D eigenvalue weighted by molar-refractivity contribution is 0.313. The molecule has 1 N–H and O–H groups in total. The average molecular weight is 324 g/mol. The van der Waals surface area contributed by atoms with Crippen molar-refractivity contribution in [3.63, 3.8) is 0 Å². The molecule has 0 amide bonds. The van der Waals surface area contributed by atoms with Crippen LogP contribution in [0.15, 0.2) is 53.0 Å². The second-order valence-corrected chi connectivity index (χ2v) is 4.99. The van der Waals surface area contributed by atoms with Gasteiger partial charge >= 0.3 is 0 Å². The van der Waals surface area contributed by atoms with E-state index in [0.29, 0.717) is 25.3 Å². The van der Waals surface area contributed by atoms with Gasteiger partial charge in [0.25, 0.3) is 0 Å². The SMILES string of the molecule is Fc1ccccc1CNCCOc1ccc(Br)cc1. The molecule has 0 saturated carbocycles. The molecule has 2 rings (SSSR count). The van der Waals surface area contributed by atoms with Crippen molar-refractivity contribution in [2.75, 3.05) is 13.2 Å². The van der Waals surface area contributed by atoms with Gasteiger partial charge in [0.15, 0.2) is 0 Å². The molecule has 0 bridgehead atoms. The lowest BCUT2D eigenvalue weighted by Gasteiger charge is -2.08. The maximum absolute atomic E-state index is 13.3. The van der Waals surface area contributed by atoms with Crippen molar-refractivity contribution in [2.24, 2.45) is 0 Å². The molecule has 2 aromatic carbocycles. The number of rotatable bonds is 6. The minimum absolute atomic E-state index is 0.177. The highest BCUT2D eigenvalue weighted by atomic mass is 79.9. The minimum Gasteiger partial charge on any atom is -0.492 e. The molecule has 2 aromatic rings. The van der Waals surface area contributed by atoms with Gasteiger partial charge in [-0.15, -0.1) is 0 Å². The summed E-state index contributed by atoms with van der Waals surface area (Å²) in [5, 5.41) is 3.15. The van der Waals surface area contributed by atoms with Crippen molar-refractivity contribution in [1.82, 2.24) is 5.32 Å². The Balaban J connectivity index is 1.67. The van der Waals surface area contributed by atoms with Crippen molar-refractivity contribution >= 4 is 15.9 Å². The summed E-state index contributed by atoms with van der Waals surface area (Å²) in [6, 6.07) is 14.4. The Hall–Kier alpha value is -1.39. The maximum atomic E-state index is 13.3. The van der Waals surface area contributed by atoms with Crippen molar-refractivity contribution < 1.29 is 9.13 Å². The summed E-state index contributed by atoms with van der Waals surface area (Å²) in [6.07, 6.45) is 0. The Morgan fingerprint density at radius 1 is 1.05 bits per heavy atom. The molecule has 0 aliphatic carbocycles. The first-order chi connectivity index (χ1) is 9.25. The molecule has 0 radical (unpaired) electrons. The predicted molar refractivity (Wildman–Crippen MR) is 77.7 cm³/mol. The fraction of sp³-hybridized carbons (Fsp3) is 0.200. The summed E-state index contributed by atoms with van der Waals surface area (Å²) < 4.78 is 19.9. The first kappa shape index (κ1) is 14.0. The zero-order valence-corrected chi connectivity index (χ0v) is 12.0. The van der Waals surface area contributed by atoms with Gasteiger partial charge in [-0.25, -0.2) is 4.39 Å². The van der Waals surface area contributed by atoms with E-state index in [0.717, 1.165) is 10.2 Å². The Kier molecular flexibility index (Phi) is 5.36. The van der Waals surface area contributed by atoms with E-state index < -0.39 is 0 Å². The molecule has 0 atom stereocenters. The predicted octanol–water partition coefficient (Wildman–Crippen LogP) is 3.76. The van der Waals surface area contributed by atoms with Gasteiger partial charge in [-0.2, -0.15) is 0 Å². The van der Waals surface area contributed by atoms with Crippen LogP contribution in [0.3, 0.4) is 0 Å². The molecule has 0 aliphatic rings. The highest BCUT2D eigenvalue weighted by Crippen LogP contribution is 2.15. The van der Waals surface area contributed by atoms with Gasteiger partial charge in [-0.1, -0.05) is 34.1 Å². The molecule has 19 heavy (non-hydrogen) atoms. The molecule has 0 fully saturated rings. The summed E-state index contributed by atoms with van der Waals surface area (Å²) in [6.45, 7) is 1.73. The van der Waals surface area contributed by atoms with E-state index in [1.807, 2.05) is 30.3 Å². The van der Waals surface area contributed by atoms with Gasteiger partial charge in [0, 0.05) is 23.1 Å². The van der Waals surface area contributed by atoms with Crippen LogP contribution in [0.1, 0.15) is 5.56 Å². The van der Waals surface area contributed by atoms with Gasteiger partial charge < -0.3 is 10.1 Å². The van der Waals surface area contributed by atoms with Crippen molar-refractivity contribution in [2.45, 2.75) is 6.54 Å². The molecule has 0 aliphatic heterocycles. The zero-order valence-electron chi connectivity index (χ0n) is 10.4. The standard InChI is InChI=1S/C15H15BrFNO/c16-13-5-7-14(8-6-13)19-10-9-18-11-12-3-1-2-4-15(12)17/h1-8,18H,9-11H2. The lowest BCUT2D eigenvalue weighted by Crippen LogP contribution is -2.21. The fourth-order valence-electron chi connectivity index (χ4n) is 1.64. The summed E-state index contributed by atoms with van der Waals surface area (Å²) in [4.78, 5) is 0. The van der Waals surface area contributed by atoms with E-state index >= 15 is 0 Å². The van der Waals surface area contributed by atoms with E-state index in [1.165, 1.54) is 6.07 Å². The Bertz CT molecular complexity index is 516. The van der Waals surface area contributed by atoms with Crippen molar-refractivity contribution in [3.8, 4) is 5.75 Å². The smallest absolute Gasteiger partial charge is 0.127 e. The summed E-state index contributed by atoms with van der Waals surface area (Å²) in [5.41, 5.74) is 0.672. The van der Waals surface area contributed by atoms with Gasteiger partial charge in [-0.3, -0.25) is 0 Å². The third-order valence-corrected chi connectivity index (χ3v) is 3.16. The molecule has 0 aromatic heterocycles. The zero-order chi connectivity index (χ0) is 13.5. The largest absolute Gasteiger partial charge is 0.492 e. The molecule has 0 saturated heterocycles. The molecule has 4 heteroatoms. The number of benzene rings is 2. The quantitative estimate of drug-likeness (QED) is 0.817. The third-order valence-electron chi connectivity index (χ3n) is 2.63. The maximum Gasteiger partial charge on any atom is 0.127 e. The molecule has 100 valence electrons. The molecular formula is C15H15BrFNO. The van der Waals surface area contributed by atoms with Gasteiger partial charge in [0.1, 0.15) is 18.2 Å². The molecular weight excluding hydrogens is 309 g/mol. The highest BCUT2D eigenvalue weighted by Gasteiger charge is 1.99. The van der Waals surface area contributed by atoms with Crippen LogP contribution in [0.4, 0.5) is 4.39 Å². The third kappa shape index (κ3) is 4.65. The topological polar surface area (TPSA) is 21.3 Å². The molecule has 0 spiro atoms. The van der Waals surface area contributed by atoms with Gasteiger partial charge in [0.2, 0.25) is 0 Å². The normalized spacial score (nSPS) is 10.4. The van der Waals surface area contributed by atoms with Gasteiger partial charge in [-0.05, 0) is 30.3 Å². The Labute approximate surface area is 120 Å². The summed E-state index contributed by atoms with van der Waals surface area (Å²) >= 11 is 3.37. The summed E-state index contributed by atoms with van der Waals surface area (Å²) in [5.74, 6) is 0.653. The second-order valence-electron chi connectivity index (χ2n) is 4.07. The number of hydrogen-bond donors (Lipinski definition) is 1. The highest BCUT2D eigenvalue weighted by molar-refractivity contribution is 9.10. The van der Waals surface area contributed by atoms with E-state index in [9.17, 15) is 4.39 Å². The van der Waals surface area contributed by atoms with Crippen LogP contribution in [0, 0.1) is 5.82 Å². The molecule has 0 unspecified atom stereocenters. The number of nitrogens with one attached hydrogen (secondary N) is 1. The van der Waals surface area contributed by atoms with Crippen molar-refractivity contribution in [1.29, 1.82) is 0 Å².